The predicted octanol–water partition coefficient (Wildman–Crippen LogP) is 2.71. The van der Waals surface area contributed by atoms with Crippen LogP contribution in [0, 0.1) is 22.7 Å². The van der Waals surface area contributed by atoms with Gasteiger partial charge in [0.2, 0.25) is 5.91 Å². The zero-order valence-corrected chi connectivity index (χ0v) is 14.4. The molecule has 0 radical (unpaired) electrons. The van der Waals surface area contributed by atoms with Crippen LogP contribution in [0.3, 0.4) is 0 Å². The van der Waals surface area contributed by atoms with E-state index in [2.05, 4.69) is 10.3 Å². The lowest BCUT2D eigenvalue weighted by Crippen LogP contribution is -2.19. The summed E-state index contributed by atoms with van der Waals surface area (Å²) in [4.78, 5) is 15.1. The third kappa shape index (κ3) is 3.59. The van der Waals surface area contributed by atoms with Crippen LogP contribution in [0.25, 0.3) is 10.8 Å². The molecule has 6 nitrogen and oxygen atoms in total. The topological polar surface area (TPSA) is 117 Å². The Labute approximate surface area is 154 Å². The van der Waals surface area contributed by atoms with Gasteiger partial charge in [-0.15, -0.1) is 0 Å². The number of aromatic amines is 1. The van der Waals surface area contributed by atoms with E-state index in [4.69, 9.17) is 11.0 Å². The molecule has 126 valence electrons. The van der Waals surface area contributed by atoms with Gasteiger partial charge in [-0.25, -0.2) is 4.98 Å². The van der Waals surface area contributed by atoms with Crippen molar-refractivity contribution in [2.75, 3.05) is 16.8 Å². The number of nitrogens with two attached hydrogens (primary N) is 1. The second kappa shape index (κ2) is 7.56. The van der Waals surface area contributed by atoms with E-state index in [1.54, 1.807) is 0 Å². The zero-order valence-electron chi connectivity index (χ0n) is 13.6. The van der Waals surface area contributed by atoms with Gasteiger partial charge in [-0.1, -0.05) is 48.2 Å². The second-order valence-corrected chi connectivity index (χ2v) is 6.41. The molecule has 0 atom stereocenters. The molecule has 0 spiro atoms. The summed E-state index contributed by atoms with van der Waals surface area (Å²) in [6, 6.07) is 18.8. The third-order valence-corrected chi connectivity index (χ3v) is 4.74. The predicted molar refractivity (Wildman–Crippen MR) is 100 cm³/mol. The third-order valence-electron chi connectivity index (χ3n) is 3.72. The smallest absolute Gasteiger partial charge is 0.289 e. The van der Waals surface area contributed by atoms with Crippen molar-refractivity contribution in [3.05, 3.63) is 59.7 Å². The summed E-state index contributed by atoms with van der Waals surface area (Å²) in [6.07, 6.45) is 0. The Hall–Kier alpha value is -3.55. The molecule has 3 aromatic rings. The lowest BCUT2D eigenvalue weighted by Gasteiger charge is -2.08. The average molecular weight is 360 g/mol. The highest BCUT2D eigenvalue weighted by molar-refractivity contribution is 7.99. The van der Waals surface area contributed by atoms with Crippen molar-refractivity contribution in [2.24, 2.45) is 0 Å². The molecule has 0 unspecified atom stereocenters. The maximum absolute atomic E-state index is 12.3. The van der Waals surface area contributed by atoms with E-state index in [9.17, 15) is 10.1 Å². The minimum atomic E-state index is -0.202. The van der Waals surface area contributed by atoms with Crippen molar-refractivity contribution < 1.29 is 9.78 Å². The normalized spacial score (nSPS) is 10.1. The maximum atomic E-state index is 12.3. The molecular formula is C19H14N5OS+. The maximum Gasteiger partial charge on any atom is 0.289 e. The number of benzene rings is 2. The van der Waals surface area contributed by atoms with Crippen LogP contribution in [0.1, 0.15) is 11.1 Å². The molecule has 0 bridgehead atoms. The van der Waals surface area contributed by atoms with E-state index in [1.165, 1.54) is 6.07 Å². The number of nitrogen functional groups attached to an aromatic ring is 1. The summed E-state index contributed by atoms with van der Waals surface area (Å²) in [7, 11) is 0. The number of fused-ring (bicyclic) bond motifs is 1. The van der Waals surface area contributed by atoms with E-state index in [0.717, 1.165) is 28.2 Å². The fourth-order valence-electron chi connectivity index (χ4n) is 2.49. The number of nitrogens with one attached hydrogen (secondary N) is 2. The van der Waals surface area contributed by atoms with Crippen molar-refractivity contribution in [1.82, 2.24) is 0 Å². The van der Waals surface area contributed by atoms with Gasteiger partial charge in [0.15, 0.2) is 5.03 Å². The Balaban J connectivity index is 1.75. The van der Waals surface area contributed by atoms with Crippen LogP contribution in [-0.4, -0.2) is 11.7 Å². The fourth-order valence-corrected chi connectivity index (χ4v) is 3.28. The molecule has 0 aliphatic carbocycles. The number of thioether (sulfide) groups is 1. The number of hydrogen-bond donors (Lipinski definition) is 2. The van der Waals surface area contributed by atoms with E-state index >= 15 is 0 Å². The highest BCUT2D eigenvalue weighted by Crippen LogP contribution is 2.24. The first kappa shape index (κ1) is 17.3. The number of nitrogens with zero attached hydrogens (tertiary/aromatic N) is 2. The van der Waals surface area contributed by atoms with Gasteiger partial charge >= 0.3 is 0 Å². The van der Waals surface area contributed by atoms with Crippen LogP contribution in [0.15, 0.2) is 53.6 Å². The molecular weight excluding hydrogens is 346 g/mol. The molecule has 1 aromatic heterocycles. The minimum absolute atomic E-state index is 0.0970. The monoisotopic (exact) mass is 360 g/mol. The van der Waals surface area contributed by atoms with Gasteiger partial charge in [-0.05, 0) is 17.5 Å². The second-order valence-electron chi connectivity index (χ2n) is 5.43. The summed E-state index contributed by atoms with van der Waals surface area (Å²) in [5.41, 5.74) is 6.96. The number of H-pyrrole nitrogens is 1. The summed E-state index contributed by atoms with van der Waals surface area (Å²) < 4.78 is 0. The number of carbonyl (C=O) groups excluding carboxylic acids is 1. The Morgan fingerprint density at radius 2 is 1.85 bits per heavy atom. The van der Waals surface area contributed by atoms with Gasteiger partial charge in [0, 0.05) is 11.1 Å². The van der Waals surface area contributed by atoms with Crippen molar-refractivity contribution >= 4 is 39.9 Å². The van der Waals surface area contributed by atoms with E-state index in [-0.39, 0.29) is 28.6 Å². The molecule has 0 aliphatic rings. The number of anilines is 2. The summed E-state index contributed by atoms with van der Waals surface area (Å²) >= 11 is 1.16. The van der Waals surface area contributed by atoms with Gasteiger partial charge in [0.1, 0.15) is 23.3 Å². The Bertz CT molecular complexity index is 1080. The van der Waals surface area contributed by atoms with E-state index < -0.39 is 0 Å². The number of carbonyl (C=O) groups is 1. The first-order chi connectivity index (χ1) is 12.6. The summed E-state index contributed by atoms with van der Waals surface area (Å²) in [5.74, 6) is 0.0646. The lowest BCUT2D eigenvalue weighted by molar-refractivity contribution is -0.410. The largest absolute Gasteiger partial charge is 0.325 e. The first-order valence-electron chi connectivity index (χ1n) is 7.69. The minimum Gasteiger partial charge on any atom is -0.325 e. The highest BCUT2D eigenvalue weighted by atomic mass is 32.2. The van der Waals surface area contributed by atoms with E-state index in [0.29, 0.717) is 5.03 Å². The highest BCUT2D eigenvalue weighted by Gasteiger charge is 2.16. The Morgan fingerprint density at radius 3 is 2.62 bits per heavy atom. The van der Waals surface area contributed by atoms with Crippen molar-refractivity contribution in [3.63, 3.8) is 0 Å². The molecule has 0 fully saturated rings. The van der Waals surface area contributed by atoms with Crippen LogP contribution in [0.5, 0.6) is 0 Å². The standard InChI is InChI=1S/C19H13N5OS/c20-9-13-8-14(10-21)19(24-18(13)22)26-11-17(25)23-16-7-3-5-12-4-1-2-6-15(12)16/h1-8H,11H2,(H2,22,24)(H,23,25)/p+1. The average Bonchev–Trinajstić information content (AvgIpc) is 2.66. The summed E-state index contributed by atoms with van der Waals surface area (Å²) in [6.45, 7) is 0. The van der Waals surface area contributed by atoms with Gasteiger partial charge < -0.3 is 5.32 Å². The van der Waals surface area contributed by atoms with E-state index in [1.807, 2.05) is 54.6 Å². The van der Waals surface area contributed by atoms with Gasteiger partial charge in [0.05, 0.1) is 5.75 Å². The van der Waals surface area contributed by atoms with Crippen molar-refractivity contribution in [3.8, 4) is 12.1 Å². The van der Waals surface area contributed by atoms with Crippen LogP contribution in [0.4, 0.5) is 11.5 Å². The number of aromatic nitrogens is 1. The lowest BCUT2D eigenvalue weighted by atomic mass is 10.1. The Morgan fingerprint density at radius 1 is 1.12 bits per heavy atom. The van der Waals surface area contributed by atoms with Crippen LogP contribution in [0.2, 0.25) is 0 Å². The number of rotatable bonds is 4. The zero-order chi connectivity index (χ0) is 18.5. The molecule has 1 amide bonds. The number of pyridine rings is 1. The molecule has 0 saturated carbocycles. The number of nitriles is 2. The van der Waals surface area contributed by atoms with Crippen LogP contribution in [-0.2, 0) is 4.79 Å². The number of amides is 1. The molecule has 0 saturated heterocycles. The molecule has 0 aliphatic heterocycles. The molecule has 1 heterocycles. The molecule has 2 aromatic carbocycles. The van der Waals surface area contributed by atoms with Crippen molar-refractivity contribution in [2.45, 2.75) is 5.03 Å². The fraction of sp³-hybridized carbons (Fsp3) is 0.0526. The van der Waals surface area contributed by atoms with Crippen LogP contribution >= 0.6 is 11.8 Å². The van der Waals surface area contributed by atoms with Gasteiger partial charge in [-0.3, -0.25) is 10.5 Å². The Kier molecular flexibility index (Phi) is 5.02. The molecule has 7 heteroatoms. The van der Waals surface area contributed by atoms with Crippen molar-refractivity contribution in [1.29, 1.82) is 10.5 Å². The van der Waals surface area contributed by atoms with Gasteiger partial charge in [0.25, 0.3) is 5.82 Å². The molecule has 4 N–H and O–H groups in total. The first-order valence-corrected chi connectivity index (χ1v) is 8.67. The molecule has 26 heavy (non-hydrogen) atoms. The number of hydrogen-bond acceptors (Lipinski definition) is 5. The van der Waals surface area contributed by atoms with Crippen LogP contribution < -0.4 is 16.0 Å². The SMILES string of the molecule is N#Cc1cc(C#N)c(SCC(=O)Nc2cccc3ccccc23)[nH+]c1N. The van der Waals surface area contributed by atoms with Gasteiger partial charge in [-0.2, -0.15) is 10.5 Å². The summed E-state index contributed by atoms with van der Waals surface area (Å²) in [5, 5.41) is 23.5. The quantitative estimate of drug-likeness (QED) is 0.694. The molecule has 3 rings (SSSR count).